The minimum atomic E-state index is -0.166. The Balaban J connectivity index is 2.19. The molecule has 0 bridgehead atoms. The molecule has 0 aromatic carbocycles. The highest BCUT2D eigenvalue weighted by molar-refractivity contribution is 4.91. The van der Waals surface area contributed by atoms with Crippen LogP contribution in [0.2, 0.25) is 0 Å². The molecular formula is C13H25N3. The fourth-order valence-corrected chi connectivity index (χ4v) is 2.30. The Labute approximate surface area is 99.6 Å². The summed E-state index contributed by atoms with van der Waals surface area (Å²) in [6, 6.07) is 2.68. The maximum absolute atomic E-state index is 8.92. The minimum absolute atomic E-state index is 0.166. The van der Waals surface area contributed by atoms with Gasteiger partial charge in [0.15, 0.2) is 0 Å². The Morgan fingerprint density at radius 2 is 2.25 bits per heavy atom. The van der Waals surface area contributed by atoms with Crippen LogP contribution in [-0.4, -0.2) is 30.6 Å². The van der Waals surface area contributed by atoms with Crippen LogP contribution in [0.25, 0.3) is 0 Å². The van der Waals surface area contributed by atoms with Crippen LogP contribution >= 0.6 is 0 Å². The predicted octanol–water partition coefficient (Wildman–Crippen LogP) is 1.99. The summed E-state index contributed by atoms with van der Waals surface area (Å²) in [5, 5.41) is 8.92. The quantitative estimate of drug-likeness (QED) is 0.775. The van der Waals surface area contributed by atoms with Gasteiger partial charge in [-0.2, -0.15) is 5.26 Å². The fraction of sp³-hybridized carbons (Fsp3) is 0.923. The number of rotatable bonds is 5. The van der Waals surface area contributed by atoms with Crippen molar-refractivity contribution in [3.8, 4) is 6.07 Å². The molecule has 2 N–H and O–H groups in total. The zero-order valence-corrected chi connectivity index (χ0v) is 10.9. The number of nitrogens with zero attached hydrogens (tertiary/aromatic N) is 2. The summed E-state index contributed by atoms with van der Waals surface area (Å²) >= 11 is 0. The predicted molar refractivity (Wildman–Crippen MR) is 66.8 cm³/mol. The van der Waals surface area contributed by atoms with Crippen LogP contribution < -0.4 is 5.73 Å². The summed E-state index contributed by atoms with van der Waals surface area (Å²) < 4.78 is 0. The zero-order chi connectivity index (χ0) is 12.2. The van der Waals surface area contributed by atoms with Crippen LogP contribution in [-0.2, 0) is 0 Å². The van der Waals surface area contributed by atoms with E-state index in [0.717, 1.165) is 25.9 Å². The topological polar surface area (TPSA) is 53.0 Å². The highest BCUT2D eigenvalue weighted by Gasteiger charge is 2.25. The second-order valence-electron chi connectivity index (χ2n) is 5.81. The molecule has 0 spiro atoms. The molecular weight excluding hydrogens is 198 g/mol. The van der Waals surface area contributed by atoms with Crippen molar-refractivity contribution >= 4 is 0 Å². The lowest BCUT2D eigenvalue weighted by atomic mass is 9.90. The molecule has 1 fully saturated rings. The van der Waals surface area contributed by atoms with Crippen molar-refractivity contribution in [3.05, 3.63) is 0 Å². The summed E-state index contributed by atoms with van der Waals surface area (Å²) in [7, 11) is 0. The van der Waals surface area contributed by atoms with Crippen LogP contribution in [0.3, 0.4) is 0 Å². The summed E-state index contributed by atoms with van der Waals surface area (Å²) in [4.78, 5) is 2.49. The van der Waals surface area contributed by atoms with Crippen LogP contribution in [0.4, 0.5) is 0 Å². The second-order valence-corrected chi connectivity index (χ2v) is 5.81. The molecule has 1 aliphatic rings. The van der Waals surface area contributed by atoms with Gasteiger partial charge in [0.05, 0.1) is 11.5 Å². The van der Waals surface area contributed by atoms with E-state index in [9.17, 15) is 0 Å². The smallest absolute Gasteiger partial charge is 0.0683 e. The molecule has 3 heteroatoms. The van der Waals surface area contributed by atoms with E-state index in [0.29, 0.717) is 12.0 Å². The lowest BCUT2D eigenvalue weighted by molar-refractivity contribution is 0.291. The van der Waals surface area contributed by atoms with E-state index in [2.05, 4.69) is 17.9 Å². The molecule has 3 nitrogen and oxygen atoms in total. The van der Waals surface area contributed by atoms with Crippen molar-refractivity contribution in [3.63, 3.8) is 0 Å². The number of hydrogen-bond donors (Lipinski definition) is 1. The summed E-state index contributed by atoms with van der Waals surface area (Å²) in [5.74, 6) is 0.670. The van der Waals surface area contributed by atoms with Gasteiger partial charge in [0.2, 0.25) is 0 Å². The standard InChI is InChI=1S/C13H25N3/c1-11(15)12-5-8-16(9-12)7-4-6-13(2,3)10-14/h11-12H,4-9,15H2,1-3H3. The Morgan fingerprint density at radius 3 is 2.75 bits per heavy atom. The van der Waals surface area contributed by atoms with Gasteiger partial charge in [-0.15, -0.1) is 0 Å². The second kappa shape index (κ2) is 5.65. The van der Waals surface area contributed by atoms with Crippen molar-refractivity contribution in [2.75, 3.05) is 19.6 Å². The van der Waals surface area contributed by atoms with Gasteiger partial charge in [-0.1, -0.05) is 0 Å². The van der Waals surface area contributed by atoms with Gasteiger partial charge in [0.25, 0.3) is 0 Å². The third kappa shape index (κ3) is 4.11. The van der Waals surface area contributed by atoms with Gasteiger partial charge in [0, 0.05) is 12.6 Å². The van der Waals surface area contributed by atoms with Gasteiger partial charge < -0.3 is 10.6 Å². The summed E-state index contributed by atoms with van der Waals surface area (Å²) in [5.41, 5.74) is 5.74. The average molecular weight is 223 g/mol. The number of nitrogens with two attached hydrogens (primary N) is 1. The number of likely N-dealkylation sites (tertiary alicyclic amines) is 1. The fourth-order valence-electron chi connectivity index (χ4n) is 2.30. The van der Waals surface area contributed by atoms with Gasteiger partial charge in [-0.05, 0) is 59.0 Å². The molecule has 0 aromatic heterocycles. The van der Waals surface area contributed by atoms with Gasteiger partial charge in [0.1, 0.15) is 0 Å². The molecule has 1 rings (SSSR count). The van der Waals surface area contributed by atoms with Gasteiger partial charge >= 0.3 is 0 Å². The van der Waals surface area contributed by atoms with Gasteiger partial charge in [-0.3, -0.25) is 0 Å². The Morgan fingerprint density at radius 1 is 1.56 bits per heavy atom. The van der Waals surface area contributed by atoms with Crippen molar-refractivity contribution < 1.29 is 0 Å². The van der Waals surface area contributed by atoms with Crippen LogP contribution in [0, 0.1) is 22.7 Å². The Bertz CT molecular complexity index is 252. The number of hydrogen-bond acceptors (Lipinski definition) is 3. The molecule has 1 saturated heterocycles. The van der Waals surface area contributed by atoms with E-state index < -0.39 is 0 Å². The highest BCUT2D eigenvalue weighted by Crippen LogP contribution is 2.23. The van der Waals surface area contributed by atoms with E-state index in [-0.39, 0.29) is 5.41 Å². The molecule has 92 valence electrons. The third-order valence-electron chi connectivity index (χ3n) is 3.63. The van der Waals surface area contributed by atoms with E-state index >= 15 is 0 Å². The largest absolute Gasteiger partial charge is 0.328 e. The SMILES string of the molecule is CC(N)C1CCN(CCCC(C)(C)C#N)C1. The zero-order valence-electron chi connectivity index (χ0n) is 10.9. The molecule has 0 aliphatic carbocycles. The van der Waals surface area contributed by atoms with Crippen LogP contribution in [0.15, 0.2) is 0 Å². The maximum Gasteiger partial charge on any atom is 0.0683 e. The Hall–Kier alpha value is -0.590. The lowest BCUT2D eigenvalue weighted by Crippen LogP contribution is -2.30. The van der Waals surface area contributed by atoms with E-state index in [1.165, 1.54) is 13.0 Å². The van der Waals surface area contributed by atoms with Crippen molar-refractivity contribution in [1.29, 1.82) is 5.26 Å². The summed E-state index contributed by atoms with van der Waals surface area (Å²) in [6.45, 7) is 9.58. The molecule has 1 aliphatic heterocycles. The third-order valence-corrected chi connectivity index (χ3v) is 3.63. The van der Waals surface area contributed by atoms with Gasteiger partial charge in [-0.25, -0.2) is 0 Å². The molecule has 1 heterocycles. The minimum Gasteiger partial charge on any atom is -0.328 e. The first kappa shape index (κ1) is 13.5. The molecule has 0 radical (unpaired) electrons. The molecule has 16 heavy (non-hydrogen) atoms. The summed E-state index contributed by atoms with van der Waals surface area (Å²) in [6.07, 6.45) is 3.34. The first-order chi connectivity index (χ1) is 7.44. The van der Waals surface area contributed by atoms with Crippen molar-refractivity contribution in [2.45, 2.75) is 46.1 Å². The van der Waals surface area contributed by atoms with E-state index in [1.807, 2.05) is 13.8 Å². The first-order valence-electron chi connectivity index (χ1n) is 6.34. The van der Waals surface area contributed by atoms with Crippen molar-refractivity contribution in [1.82, 2.24) is 4.90 Å². The van der Waals surface area contributed by atoms with Crippen molar-refractivity contribution in [2.24, 2.45) is 17.1 Å². The molecule has 2 atom stereocenters. The highest BCUT2D eigenvalue weighted by atomic mass is 15.1. The molecule has 0 saturated carbocycles. The first-order valence-corrected chi connectivity index (χ1v) is 6.34. The van der Waals surface area contributed by atoms with E-state index in [1.54, 1.807) is 0 Å². The maximum atomic E-state index is 8.92. The lowest BCUT2D eigenvalue weighted by Gasteiger charge is -2.20. The molecule has 2 unspecified atom stereocenters. The molecule has 0 amide bonds. The van der Waals surface area contributed by atoms with E-state index in [4.69, 9.17) is 11.0 Å². The normalized spacial score (nSPS) is 24.3. The van der Waals surface area contributed by atoms with Crippen LogP contribution in [0.5, 0.6) is 0 Å². The number of nitriles is 1. The molecule has 0 aromatic rings. The Kier molecular flexibility index (Phi) is 4.76. The van der Waals surface area contributed by atoms with Crippen LogP contribution in [0.1, 0.15) is 40.0 Å². The average Bonchev–Trinajstić information content (AvgIpc) is 2.66. The monoisotopic (exact) mass is 223 g/mol.